The lowest BCUT2D eigenvalue weighted by atomic mass is 10.1. The van der Waals surface area contributed by atoms with Crippen LogP contribution in [0.5, 0.6) is 5.88 Å². The second-order valence-electron chi connectivity index (χ2n) is 5.99. The predicted molar refractivity (Wildman–Crippen MR) is 105 cm³/mol. The van der Waals surface area contributed by atoms with Crippen molar-refractivity contribution in [1.29, 1.82) is 5.26 Å². The molecule has 0 saturated heterocycles. The van der Waals surface area contributed by atoms with Crippen LogP contribution >= 0.6 is 0 Å². The van der Waals surface area contributed by atoms with Crippen molar-refractivity contribution in [3.63, 3.8) is 0 Å². The average Bonchev–Trinajstić information content (AvgIpc) is 2.73. The van der Waals surface area contributed by atoms with Crippen molar-refractivity contribution in [2.24, 2.45) is 5.73 Å². The van der Waals surface area contributed by atoms with Gasteiger partial charge in [-0.05, 0) is 26.0 Å². The lowest BCUT2D eigenvalue weighted by Gasteiger charge is -2.16. The van der Waals surface area contributed by atoms with E-state index in [1.54, 1.807) is 38.1 Å². The third-order valence-corrected chi connectivity index (χ3v) is 3.52. The molecule has 0 radical (unpaired) electrons. The molecule has 0 unspecified atom stereocenters. The first kappa shape index (κ1) is 26.1. The lowest BCUT2D eigenvalue weighted by molar-refractivity contribution is -0.192. The maximum Gasteiger partial charge on any atom is 0.490 e. The zero-order valence-corrected chi connectivity index (χ0v) is 17.0. The molecule has 0 fully saturated rings. The summed E-state index contributed by atoms with van der Waals surface area (Å²) in [5.41, 5.74) is 12.5. The van der Waals surface area contributed by atoms with Gasteiger partial charge in [0.05, 0.1) is 18.2 Å². The molecule has 0 amide bonds. The number of halogens is 3. The van der Waals surface area contributed by atoms with Crippen LogP contribution in [0, 0.1) is 11.3 Å². The standard InChI is InChI=1S/C17H19N5O3.C2HF3O2/c1-3-24-17(23)13-14(20)21-15(22-16(13)25-10(2)8-18)12-6-4-5-11(7-12)9-19;3-2(4,5)1(6)7/h4-7,10H,3,8,18H2,1-2H3,(H2,20,21,22);(H,6,7)/t10-;/m1./s1. The number of carbonyl (C=O) groups excluding carboxylic acids is 1. The molecular weight excluding hydrogens is 435 g/mol. The highest BCUT2D eigenvalue weighted by Gasteiger charge is 2.38. The van der Waals surface area contributed by atoms with Gasteiger partial charge < -0.3 is 26.0 Å². The fraction of sp³-hybridized carbons (Fsp3) is 0.316. The highest BCUT2D eigenvalue weighted by Crippen LogP contribution is 2.27. The molecule has 10 nitrogen and oxygen atoms in total. The van der Waals surface area contributed by atoms with E-state index in [-0.39, 0.29) is 42.3 Å². The smallest absolute Gasteiger partial charge is 0.475 e. The zero-order valence-electron chi connectivity index (χ0n) is 17.0. The number of carboxylic acid groups (broad SMARTS) is 1. The summed E-state index contributed by atoms with van der Waals surface area (Å²) in [5, 5.41) is 16.2. The molecule has 0 aliphatic rings. The predicted octanol–water partition coefficient (Wildman–Crippen LogP) is 2.13. The molecule has 172 valence electrons. The van der Waals surface area contributed by atoms with Gasteiger partial charge in [0.1, 0.15) is 11.9 Å². The minimum absolute atomic E-state index is 0.00117. The van der Waals surface area contributed by atoms with E-state index < -0.39 is 18.1 Å². The topological polar surface area (TPSA) is 174 Å². The molecule has 32 heavy (non-hydrogen) atoms. The van der Waals surface area contributed by atoms with Gasteiger partial charge in [0.2, 0.25) is 5.88 Å². The normalized spacial score (nSPS) is 11.4. The number of nitriles is 1. The Balaban J connectivity index is 0.000000633. The molecule has 1 heterocycles. The first-order chi connectivity index (χ1) is 14.9. The van der Waals surface area contributed by atoms with Gasteiger partial charge in [0.15, 0.2) is 11.4 Å². The van der Waals surface area contributed by atoms with Gasteiger partial charge in [-0.2, -0.15) is 23.4 Å². The van der Waals surface area contributed by atoms with E-state index in [1.807, 2.05) is 6.07 Å². The number of carbonyl (C=O) groups is 2. The quantitative estimate of drug-likeness (QED) is 0.547. The third kappa shape index (κ3) is 7.40. The number of esters is 1. The Hall–Kier alpha value is -3.92. The molecule has 0 saturated carbocycles. The van der Waals surface area contributed by atoms with Crippen molar-refractivity contribution in [2.45, 2.75) is 26.1 Å². The fourth-order valence-corrected chi connectivity index (χ4v) is 2.03. The average molecular weight is 455 g/mol. The number of nitrogens with zero attached hydrogens (tertiary/aromatic N) is 3. The Bertz CT molecular complexity index is 1010. The highest BCUT2D eigenvalue weighted by molar-refractivity contribution is 5.97. The second kappa shape index (κ2) is 11.5. The van der Waals surface area contributed by atoms with Crippen molar-refractivity contribution >= 4 is 17.8 Å². The van der Waals surface area contributed by atoms with E-state index in [9.17, 15) is 18.0 Å². The Morgan fingerprint density at radius 2 is 1.94 bits per heavy atom. The SMILES string of the molecule is CCOC(=O)c1c(N)nc(-c2cccc(C#N)c2)nc1O[C@H](C)CN.O=C(O)C(F)(F)F. The molecule has 1 atom stereocenters. The Morgan fingerprint density at radius 1 is 1.31 bits per heavy atom. The molecule has 0 bridgehead atoms. The first-order valence-corrected chi connectivity index (χ1v) is 8.96. The van der Waals surface area contributed by atoms with Gasteiger partial charge in [-0.15, -0.1) is 0 Å². The number of aliphatic carboxylic acids is 1. The van der Waals surface area contributed by atoms with Crippen LogP contribution in [0.1, 0.15) is 29.8 Å². The number of anilines is 1. The Kier molecular flexibility index (Phi) is 9.36. The summed E-state index contributed by atoms with van der Waals surface area (Å²) in [6, 6.07) is 8.76. The van der Waals surface area contributed by atoms with Gasteiger partial charge in [-0.1, -0.05) is 12.1 Å². The lowest BCUT2D eigenvalue weighted by Crippen LogP contribution is -2.25. The van der Waals surface area contributed by atoms with Crippen LogP contribution in [0.25, 0.3) is 11.4 Å². The van der Waals surface area contributed by atoms with E-state index in [0.717, 1.165) is 0 Å². The Labute approximate surface area is 180 Å². The number of hydrogen-bond donors (Lipinski definition) is 3. The van der Waals surface area contributed by atoms with Crippen molar-refractivity contribution in [3.05, 3.63) is 35.4 Å². The number of carboxylic acids is 1. The number of rotatable bonds is 6. The molecule has 0 spiro atoms. The minimum atomic E-state index is -5.08. The van der Waals surface area contributed by atoms with Crippen LogP contribution in [0.3, 0.4) is 0 Å². The first-order valence-electron chi connectivity index (χ1n) is 8.96. The molecule has 13 heteroatoms. The number of nitrogen functional groups attached to an aromatic ring is 1. The minimum Gasteiger partial charge on any atom is -0.475 e. The molecule has 0 aliphatic carbocycles. The van der Waals surface area contributed by atoms with Crippen LogP contribution in [-0.4, -0.2) is 52.4 Å². The number of hydrogen-bond acceptors (Lipinski definition) is 9. The van der Waals surface area contributed by atoms with Gasteiger partial charge >= 0.3 is 18.1 Å². The van der Waals surface area contributed by atoms with E-state index >= 15 is 0 Å². The van der Waals surface area contributed by atoms with Crippen LogP contribution in [0.15, 0.2) is 24.3 Å². The largest absolute Gasteiger partial charge is 0.490 e. The molecule has 2 rings (SSSR count). The number of benzene rings is 1. The van der Waals surface area contributed by atoms with Crippen molar-refractivity contribution < 1.29 is 37.3 Å². The summed E-state index contributed by atoms with van der Waals surface area (Å²) in [5.74, 6) is -3.25. The molecule has 1 aromatic carbocycles. The van der Waals surface area contributed by atoms with Crippen molar-refractivity contribution in [3.8, 4) is 23.3 Å². The number of ether oxygens (including phenoxy) is 2. The summed E-state index contributed by atoms with van der Waals surface area (Å²) in [4.78, 5) is 29.5. The van der Waals surface area contributed by atoms with Crippen LogP contribution < -0.4 is 16.2 Å². The molecule has 1 aromatic heterocycles. The maximum atomic E-state index is 12.2. The van der Waals surface area contributed by atoms with E-state index in [2.05, 4.69) is 9.97 Å². The summed E-state index contributed by atoms with van der Waals surface area (Å²) < 4.78 is 42.4. The van der Waals surface area contributed by atoms with Crippen LogP contribution in [-0.2, 0) is 9.53 Å². The second-order valence-corrected chi connectivity index (χ2v) is 5.99. The third-order valence-electron chi connectivity index (χ3n) is 3.52. The van der Waals surface area contributed by atoms with Crippen LogP contribution in [0.2, 0.25) is 0 Å². The Morgan fingerprint density at radius 3 is 2.44 bits per heavy atom. The molecule has 0 aliphatic heterocycles. The van der Waals surface area contributed by atoms with E-state index in [4.69, 9.17) is 36.1 Å². The maximum absolute atomic E-state index is 12.2. The number of aromatic nitrogens is 2. The van der Waals surface area contributed by atoms with Gasteiger partial charge in [0, 0.05) is 12.1 Å². The summed E-state index contributed by atoms with van der Waals surface area (Å²) in [6.07, 6.45) is -5.47. The van der Waals surface area contributed by atoms with Crippen molar-refractivity contribution in [1.82, 2.24) is 9.97 Å². The molecular formula is C19H20F3N5O5. The summed E-state index contributed by atoms with van der Waals surface area (Å²) in [7, 11) is 0. The monoisotopic (exact) mass is 455 g/mol. The number of alkyl halides is 3. The van der Waals surface area contributed by atoms with Gasteiger partial charge in [0.25, 0.3) is 0 Å². The van der Waals surface area contributed by atoms with E-state index in [1.165, 1.54) is 0 Å². The zero-order chi connectivity index (χ0) is 24.5. The highest BCUT2D eigenvalue weighted by atomic mass is 19.4. The fourth-order valence-electron chi connectivity index (χ4n) is 2.03. The van der Waals surface area contributed by atoms with Gasteiger partial charge in [-0.3, -0.25) is 0 Å². The summed E-state index contributed by atoms with van der Waals surface area (Å²) >= 11 is 0. The van der Waals surface area contributed by atoms with E-state index in [0.29, 0.717) is 11.1 Å². The van der Waals surface area contributed by atoms with Gasteiger partial charge in [-0.25, -0.2) is 14.6 Å². The van der Waals surface area contributed by atoms with Crippen LogP contribution in [0.4, 0.5) is 19.0 Å². The van der Waals surface area contributed by atoms with Crippen molar-refractivity contribution in [2.75, 3.05) is 18.9 Å². The molecule has 2 aromatic rings. The molecule has 5 N–H and O–H groups in total. The summed E-state index contributed by atoms with van der Waals surface area (Å²) in [6.45, 7) is 3.82. The number of nitrogens with two attached hydrogens (primary N) is 2.